The Morgan fingerprint density at radius 1 is 0.894 bits per heavy atom. The fraction of sp³-hybridized carbons (Fsp3) is 0.447. The quantitative estimate of drug-likeness (QED) is 0.0973. The third-order valence-electron chi connectivity index (χ3n) is 8.72. The lowest BCUT2D eigenvalue weighted by Gasteiger charge is -2.23. The van der Waals surface area contributed by atoms with Gasteiger partial charge >= 0.3 is 6.09 Å². The predicted molar refractivity (Wildman–Crippen MR) is 188 cm³/mol. The van der Waals surface area contributed by atoms with Crippen molar-refractivity contribution in [1.82, 2.24) is 14.8 Å². The van der Waals surface area contributed by atoms with Crippen LogP contribution in [-0.4, -0.2) is 76.4 Å². The molecule has 1 aliphatic carbocycles. The van der Waals surface area contributed by atoms with Gasteiger partial charge in [0.15, 0.2) is 0 Å². The van der Waals surface area contributed by atoms with E-state index in [0.29, 0.717) is 18.5 Å². The highest BCUT2D eigenvalue weighted by atomic mass is 16.5. The lowest BCUT2D eigenvalue weighted by Crippen LogP contribution is -2.33. The number of nitrogens with zero attached hydrogens (tertiary/aromatic N) is 3. The molecule has 0 radical (unpaired) electrons. The molecule has 1 N–H and O–H groups in total. The lowest BCUT2D eigenvalue weighted by atomic mass is 9.90. The number of carbonyl (C=O) groups is 2. The van der Waals surface area contributed by atoms with Crippen molar-refractivity contribution in [3.63, 3.8) is 0 Å². The Labute approximate surface area is 278 Å². The van der Waals surface area contributed by atoms with Crippen LogP contribution in [0.25, 0.3) is 33.4 Å². The number of nitrogens with one attached hydrogen (secondary N) is 1. The smallest absolute Gasteiger partial charge is 0.407 e. The number of ether oxygens (including phenoxy) is 1. The van der Waals surface area contributed by atoms with E-state index in [9.17, 15) is 14.7 Å². The minimum Gasteiger partial charge on any atom is -0.854 e. The van der Waals surface area contributed by atoms with Crippen LogP contribution in [0.2, 0.25) is 0 Å². The third kappa shape index (κ3) is 8.71. The number of alkyl carbamates (subject to hydrolysis) is 1. The van der Waals surface area contributed by atoms with E-state index in [-0.39, 0.29) is 25.7 Å². The van der Waals surface area contributed by atoms with Gasteiger partial charge in [0, 0.05) is 66.6 Å². The fourth-order valence-electron chi connectivity index (χ4n) is 6.02. The van der Waals surface area contributed by atoms with E-state index in [4.69, 9.17) is 9.15 Å². The summed E-state index contributed by atoms with van der Waals surface area (Å²) in [6, 6.07) is 20.3. The summed E-state index contributed by atoms with van der Waals surface area (Å²) in [4.78, 5) is 30.0. The Morgan fingerprint density at radius 2 is 1.64 bits per heavy atom. The Hall–Kier alpha value is -4.37. The SMILES string of the molecule is CCN(CC)c1ccc2c(-c3ccccc3C(=O)N(C)CCOC(=O)NCCCCCC[O-])c3ccc(=[N+](CC)CC)cc-3oc2c1. The second kappa shape index (κ2) is 17.5. The molecule has 0 aromatic heterocycles. The third-order valence-corrected chi connectivity index (χ3v) is 8.72. The summed E-state index contributed by atoms with van der Waals surface area (Å²) in [6.07, 6.45) is 2.72. The molecule has 2 amide bonds. The summed E-state index contributed by atoms with van der Waals surface area (Å²) in [6.45, 7) is 12.9. The van der Waals surface area contributed by atoms with Gasteiger partial charge in [-0.1, -0.05) is 37.5 Å². The van der Waals surface area contributed by atoms with Gasteiger partial charge in [-0.2, -0.15) is 0 Å². The highest BCUT2D eigenvalue weighted by molar-refractivity contribution is 6.09. The van der Waals surface area contributed by atoms with Gasteiger partial charge in [0.2, 0.25) is 5.36 Å². The minimum atomic E-state index is -0.505. The Balaban J connectivity index is 1.67. The van der Waals surface area contributed by atoms with Crippen LogP contribution in [0.4, 0.5) is 10.5 Å². The first-order chi connectivity index (χ1) is 22.9. The van der Waals surface area contributed by atoms with Crippen molar-refractivity contribution in [1.29, 1.82) is 0 Å². The maximum absolute atomic E-state index is 13.9. The van der Waals surface area contributed by atoms with Gasteiger partial charge in [0.05, 0.1) is 12.6 Å². The van der Waals surface area contributed by atoms with E-state index in [1.807, 2.05) is 24.3 Å². The summed E-state index contributed by atoms with van der Waals surface area (Å²) in [5, 5.41) is 15.3. The number of hydrogen-bond acceptors (Lipinski definition) is 6. The molecule has 0 atom stereocenters. The largest absolute Gasteiger partial charge is 0.854 e. The average Bonchev–Trinajstić information content (AvgIpc) is 3.09. The number of amides is 2. The average molecular weight is 643 g/mol. The molecule has 0 bridgehead atoms. The van der Waals surface area contributed by atoms with E-state index in [0.717, 1.165) is 89.9 Å². The van der Waals surface area contributed by atoms with Crippen molar-refractivity contribution in [3.8, 4) is 22.5 Å². The molecule has 2 aliphatic rings. The molecule has 4 rings (SSSR count). The molecule has 0 saturated carbocycles. The van der Waals surface area contributed by atoms with Crippen LogP contribution < -0.4 is 25.3 Å². The normalized spacial score (nSPS) is 11.1. The number of benzene rings is 3. The van der Waals surface area contributed by atoms with Crippen molar-refractivity contribution in [2.45, 2.75) is 53.4 Å². The molecule has 2 aromatic carbocycles. The monoisotopic (exact) mass is 642 g/mol. The zero-order chi connectivity index (χ0) is 33.8. The van der Waals surface area contributed by atoms with E-state index in [1.54, 1.807) is 11.9 Å². The minimum absolute atomic E-state index is 0.0594. The molecule has 0 saturated heterocycles. The van der Waals surface area contributed by atoms with Gasteiger partial charge in [-0.3, -0.25) is 4.79 Å². The Kier molecular flexibility index (Phi) is 13.2. The van der Waals surface area contributed by atoms with Gasteiger partial charge in [-0.25, -0.2) is 9.37 Å². The molecule has 252 valence electrons. The number of hydrogen-bond donors (Lipinski definition) is 1. The Bertz CT molecular complexity index is 1670. The van der Waals surface area contributed by atoms with E-state index < -0.39 is 6.09 Å². The van der Waals surface area contributed by atoms with Crippen molar-refractivity contribution in [2.75, 3.05) is 64.4 Å². The molecule has 9 nitrogen and oxygen atoms in total. The van der Waals surface area contributed by atoms with Crippen molar-refractivity contribution < 1.29 is 23.8 Å². The number of likely N-dealkylation sites (N-methyl/N-ethyl adjacent to an activating group) is 1. The highest BCUT2D eigenvalue weighted by Crippen LogP contribution is 2.42. The molecule has 9 heteroatoms. The predicted octanol–water partition coefficient (Wildman–Crippen LogP) is 5.58. The van der Waals surface area contributed by atoms with Crippen molar-refractivity contribution in [2.24, 2.45) is 0 Å². The Morgan fingerprint density at radius 3 is 2.36 bits per heavy atom. The molecule has 1 aliphatic heterocycles. The number of rotatable bonds is 16. The molecule has 47 heavy (non-hydrogen) atoms. The summed E-state index contributed by atoms with van der Waals surface area (Å²) in [7, 11) is 1.72. The van der Waals surface area contributed by atoms with Gasteiger partial charge in [0.1, 0.15) is 31.0 Å². The first kappa shape index (κ1) is 35.5. The van der Waals surface area contributed by atoms with E-state index in [1.165, 1.54) is 0 Å². The van der Waals surface area contributed by atoms with Crippen LogP contribution in [0.1, 0.15) is 63.7 Å². The topological polar surface area (TPSA) is 101 Å². The standard InChI is InChI=1S/C38H50N4O5/c1-6-41(7-2)28-18-20-32-34(26-28)47-35-27-29(42(8-3)9-4)19-21-33(35)36(32)30-16-12-13-17-31(30)37(44)40(5)23-25-46-38(45)39-22-14-10-11-15-24-43/h12-13,16-21,26-27H,6-11,14-15,22-25H2,1-5H3,(H,39,45). The van der Waals surface area contributed by atoms with Crippen molar-refractivity contribution in [3.05, 3.63) is 71.6 Å². The molecule has 0 spiro atoms. The van der Waals surface area contributed by atoms with Crippen LogP contribution in [0, 0.1) is 0 Å². The van der Waals surface area contributed by atoms with E-state index in [2.05, 4.69) is 78.9 Å². The van der Waals surface area contributed by atoms with Crippen LogP contribution >= 0.6 is 0 Å². The maximum Gasteiger partial charge on any atom is 0.407 e. The van der Waals surface area contributed by atoms with E-state index >= 15 is 0 Å². The first-order valence-electron chi connectivity index (χ1n) is 17.0. The lowest BCUT2D eigenvalue weighted by molar-refractivity contribution is -0.368. The van der Waals surface area contributed by atoms with Crippen LogP contribution in [0.15, 0.2) is 65.1 Å². The number of fused-ring (bicyclic) bond motifs is 2. The summed E-state index contributed by atoms with van der Waals surface area (Å²) in [5.74, 6) is 0.596. The molecular weight excluding hydrogens is 592 g/mol. The van der Waals surface area contributed by atoms with Crippen LogP contribution in [0.3, 0.4) is 0 Å². The van der Waals surface area contributed by atoms with Crippen molar-refractivity contribution >= 4 is 28.7 Å². The highest BCUT2D eigenvalue weighted by Gasteiger charge is 2.24. The second-order valence-electron chi connectivity index (χ2n) is 11.6. The molecule has 0 fully saturated rings. The number of carbonyl (C=O) groups excluding carboxylic acids is 2. The summed E-state index contributed by atoms with van der Waals surface area (Å²) < 4.78 is 14.3. The zero-order valence-electron chi connectivity index (χ0n) is 28.6. The zero-order valence-corrected chi connectivity index (χ0v) is 28.6. The molecule has 0 unspecified atom stereocenters. The van der Waals surface area contributed by atoms with Crippen LogP contribution in [0.5, 0.6) is 0 Å². The summed E-state index contributed by atoms with van der Waals surface area (Å²) >= 11 is 0. The van der Waals surface area contributed by atoms with Gasteiger partial charge in [-0.15, -0.1) is 6.61 Å². The van der Waals surface area contributed by atoms with Gasteiger partial charge in [0.25, 0.3) is 5.91 Å². The number of unbranched alkanes of at least 4 members (excludes halogenated alkanes) is 3. The second-order valence-corrected chi connectivity index (χ2v) is 11.6. The molecule has 1 heterocycles. The number of anilines is 1. The molecule has 2 aromatic rings. The summed E-state index contributed by atoms with van der Waals surface area (Å²) in [5.41, 5.74) is 5.10. The van der Waals surface area contributed by atoms with Gasteiger partial charge in [-0.05, 0) is 63.9 Å². The fourth-order valence-corrected chi connectivity index (χ4v) is 6.02. The van der Waals surface area contributed by atoms with Crippen LogP contribution in [-0.2, 0) is 4.74 Å². The van der Waals surface area contributed by atoms with Gasteiger partial charge < -0.3 is 29.4 Å². The maximum atomic E-state index is 13.9. The molecular formula is C38H50N4O5. The first-order valence-corrected chi connectivity index (χ1v) is 17.0.